The molecule has 3 saturated carbocycles. The molecule has 7 aromatic carbocycles. The average molecular weight is 740 g/mol. The monoisotopic (exact) mass is 739 g/mol. The summed E-state index contributed by atoms with van der Waals surface area (Å²) < 4.78 is 0. The fraction of sp³-hybridized carbons (Fsp3) is 0.286. The van der Waals surface area contributed by atoms with Crippen molar-refractivity contribution in [2.45, 2.75) is 88.9 Å². The van der Waals surface area contributed by atoms with Crippen molar-refractivity contribution in [3.8, 4) is 33.4 Å². The first-order valence-corrected chi connectivity index (χ1v) is 21.9. The topological polar surface area (TPSA) is 3.24 Å². The van der Waals surface area contributed by atoms with Crippen LogP contribution in [-0.4, -0.2) is 0 Å². The number of hydrogen-bond donors (Lipinski definition) is 0. The number of rotatable bonds is 7. The molecule has 0 saturated heterocycles. The Morgan fingerprint density at radius 1 is 0.509 bits per heavy atom. The minimum absolute atomic E-state index is 0.161. The molecule has 0 N–H and O–H groups in total. The number of nitrogens with zero attached hydrogens (tertiary/aromatic N) is 1. The summed E-state index contributed by atoms with van der Waals surface area (Å²) in [5.74, 6) is 3.11. The maximum absolute atomic E-state index is 2.63. The predicted octanol–water partition coefficient (Wildman–Crippen LogP) is 15.9. The van der Waals surface area contributed by atoms with Crippen molar-refractivity contribution in [3.05, 3.63) is 174 Å². The van der Waals surface area contributed by atoms with Gasteiger partial charge in [-0.15, -0.1) is 0 Å². The van der Waals surface area contributed by atoms with Gasteiger partial charge in [0.15, 0.2) is 0 Å². The second-order valence-corrected chi connectivity index (χ2v) is 18.3. The van der Waals surface area contributed by atoms with Crippen LogP contribution in [0.5, 0.6) is 0 Å². The molecule has 282 valence electrons. The van der Waals surface area contributed by atoms with E-state index in [-0.39, 0.29) is 5.41 Å². The molecule has 0 heterocycles. The van der Waals surface area contributed by atoms with Gasteiger partial charge in [-0.1, -0.05) is 155 Å². The number of anilines is 3. The van der Waals surface area contributed by atoms with Crippen molar-refractivity contribution in [1.82, 2.24) is 0 Å². The van der Waals surface area contributed by atoms with Crippen LogP contribution < -0.4 is 4.90 Å². The number of hydrogen-bond acceptors (Lipinski definition) is 1. The molecular weight excluding hydrogens is 687 g/mol. The largest absolute Gasteiger partial charge is 0.310 e. The molecule has 4 aliphatic rings. The highest BCUT2D eigenvalue weighted by atomic mass is 15.1. The van der Waals surface area contributed by atoms with Gasteiger partial charge in [-0.2, -0.15) is 0 Å². The van der Waals surface area contributed by atoms with Crippen LogP contribution in [0.15, 0.2) is 152 Å². The van der Waals surface area contributed by atoms with E-state index in [2.05, 4.69) is 170 Å². The lowest BCUT2D eigenvalue weighted by molar-refractivity contribution is 0.420. The molecule has 3 unspecified atom stereocenters. The lowest BCUT2D eigenvalue weighted by Gasteiger charge is -2.33. The van der Waals surface area contributed by atoms with Crippen molar-refractivity contribution in [2.75, 3.05) is 4.90 Å². The summed E-state index contributed by atoms with van der Waals surface area (Å²) in [6.07, 6.45) is 12.2. The molecule has 0 aromatic heterocycles. The Morgan fingerprint density at radius 2 is 1.21 bits per heavy atom. The summed E-state index contributed by atoms with van der Waals surface area (Å²) in [4.78, 5) is 2.63. The molecule has 0 spiro atoms. The molecule has 0 radical (unpaired) electrons. The average Bonchev–Trinajstić information content (AvgIpc) is 3.97. The van der Waals surface area contributed by atoms with Crippen molar-refractivity contribution in [3.63, 3.8) is 0 Å². The Morgan fingerprint density at radius 3 is 1.96 bits per heavy atom. The molecule has 2 bridgehead atoms. The lowest BCUT2D eigenvalue weighted by atomic mass is 9.81. The zero-order valence-corrected chi connectivity index (χ0v) is 33.6. The molecule has 1 nitrogen and oxygen atoms in total. The van der Waals surface area contributed by atoms with E-state index in [4.69, 9.17) is 0 Å². The van der Waals surface area contributed by atoms with Crippen LogP contribution >= 0.6 is 0 Å². The molecule has 7 aromatic rings. The van der Waals surface area contributed by atoms with Crippen molar-refractivity contribution in [2.24, 2.45) is 11.8 Å². The molecule has 57 heavy (non-hydrogen) atoms. The quantitative estimate of drug-likeness (QED) is 0.157. The predicted molar refractivity (Wildman–Crippen MR) is 241 cm³/mol. The summed E-state index contributed by atoms with van der Waals surface area (Å²) in [7, 11) is 0. The molecular formula is C56H53N. The summed E-state index contributed by atoms with van der Waals surface area (Å²) in [6, 6.07) is 58.2. The van der Waals surface area contributed by atoms with Crippen LogP contribution in [0.2, 0.25) is 0 Å². The maximum Gasteiger partial charge on any atom is 0.0502 e. The van der Waals surface area contributed by atoms with Gasteiger partial charge in [0.05, 0.1) is 5.69 Å². The smallest absolute Gasteiger partial charge is 0.0502 e. The van der Waals surface area contributed by atoms with Crippen LogP contribution in [0.25, 0.3) is 44.2 Å². The molecule has 11 rings (SSSR count). The fourth-order valence-corrected chi connectivity index (χ4v) is 11.9. The molecule has 3 atom stereocenters. The molecule has 4 aliphatic carbocycles. The Kier molecular flexibility index (Phi) is 8.50. The summed E-state index contributed by atoms with van der Waals surface area (Å²) in [6.45, 7) is 4.87. The van der Waals surface area contributed by atoms with E-state index >= 15 is 0 Å². The van der Waals surface area contributed by atoms with Crippen LogP contribution in [0, 0.1) is 11.8 Å². The van der Waals surface area contributed by atoms with Crippen molar-refractivity contribution in [1.29, 1.82) is 0 Å². The highest BCUT2D eigenvalue weighted by Gasteiger charge is 2.41. The van der Waals surface area contributed by atoms with E-state index < -0.39 is 0 Å². The second kappa shape index (κ2) is 13.9. The summed E-state index contributed by atoms with van der Waals surface area (Å²) >= 11 is 0. The molecule has 0 amide bonds. The number of fused-ring (bicyclic) bond motifs is 6. The third-order valence-corrected chi connectivity index (χ3v) is 14.7. The Hall–Kier alpha value is -5.40. The molecule has 1 heteroatoms. The van der Waals surface area contributed by atoms with Gasteiger partial charge >= 0.3 is 0 Å². The minimum Gasteiger partial charge on any atom is -0.310 e. The highest BCUT2D eigenvalue weighted by molar-refractivity contribution is 5.98. The van der Waals surface area contributed by atoms with Crippen LogP contribution in [-0.2, 0) is 5.41 Å². The van der Waals surface area contributed by atoms with Gasteiger partial charge in [0.25, 0.3) is 0 Å². The number of benzene rings is 7. The van der Waals surface area contributed by atoms with Gasteiger partial charge in [-0.25, -0.2) is 0 Å². The van der Waals surface area contributed by atoms with Gasteiger partial charge in [-0.05, 0) is 159 Å². The van der Waals surface area contributed by atoms with E-state index in [1.807, 2.05) is 0 Å². The van der Waals surface area contributed by atoms with E-state index in [9.17, 15) is 0 Å². The van der Waals surface area contributed by atoms with E-state index in [0.29, 0.717) is 5.92 Å². The SMILES string of the molecule is CC1(C)c2cc(N(c3ccc(C4CC5CCC4C5)cc3)c3cc4ccccc4cc3C3CCCCC3)ccc2-c2c(-c3ccccc3-c3ccccc3)cccc21. The zero-order chi connectivity index (χ0) is 38.1. The first-order chi connectivity index (χ1) is 28.0. The summed E-state index contributed by atoms with van der Waals surface area (Å²) in [5, 5.41) is 2.66. The van der Waals surface area contributed by atoms with Crippen LogP contribution in [0.4, 0.5) is 17.1 Å². The Bertz CT molecular complexity index is 2610. The first-order valence-electron chi connectivity index (χ1n) is 21.9. The van der Waals surface area contributed by atoms with Crippen LogP contribution in [0.1, 0.15) is 106 Å². The van der Waals surface area contributed by atoms with Gasteiger partial charge in [0, 0.05) is 16.8 Å². The Balaban J connectivity index is 1.08. The standard InChI is InChI=1S/C56H53N/c1-56(2)52-23-13-22-48(47-21-12-11-20-46(47)38-14-5-3-6-15-38)55(52)49-31-30-45(36-53(49)56)57(44-28-26-40(27-29-44)50-33-37-24-25-43(50)32-37)54-35-42-19-10-9-18-41(42)34-51(54)39-16-7-4-8-17-39/h3,5-6,9-15,18-23,26-31,34-37,39,43,50H,4,7-8,16-17,24-25,32-33H2,1-2H3. The molecule has 0 aliphatic heterocycles. The Labute approximate surface area is 339 Å². The maximum atomic E-state index is 2.63. The molecule has 3 fully saturated rings. The van der Waals surface area contributed by atoms with E-state index in [0.717, 1.165) is 17.8 Å². The zero-order valence-electron chi connectivity index (χ0n) is 33.6. The highest BCUT2D eigenvalue weighted by Crippen LogP contribution is 2.56. The minimum atomic E-state index is -0.161. The van der Waals surface area contributed by atoms with Gasteiger partial charge in [0.2, 0.25) is 0 Å². The summed E-state index contributed by atoms with van der Waals surface area (Å²) in [5.41, 5.74) is 17.4. The van der Waals surface area contributed by atoms with E-state index in [1.54, 1.807) is 5.56 Å². The van der Waals surface area contributed by atoms with Gasteiger partial charge in [0.1, 0.15) is 0 Å². The lowest BCUT2D eigenvalue weighted by Crippen LogP contribution is -2.18. The second-order valence-electron chi connectivity index (χ2n) is 18.3. The van der Waals surface area contributed by atoms with Crippen molar-refractivity contribution < 1.29 is 0 Å². The normalized spacial score (nSPS) is 20.8. The van der Waals surface area contributed by atoms with Gasteiger partial charge in [-0.3, -0.25) is 0 Å². The third kappa shape index (κ3) is 5.88. The fourth-order valence-electron chi connectivity index (χ4n) is 11.9. The van der Waals surface area contributed by atoms with E-state index in [1.165, 1.54) is 136 Å². The first kappa shape index (κ1) is 34.8. The van der Waals surface area contributed by atoms with Crippen LogP contribution in [0.3, 0.4) is 0 Å². The van der Waals surface area contributed by atoms with Gasteiger partial charge < -0.3 is 4.90 Å². The van der Waals surface area contributed by atoms with Crippen molar-refractivity contribution >= 4 is 27.8 Å². The third-order valence-electron chi connectivity index (χ3n) is 14.7.